The summed E-state index contributed by atoms with van der Waals surface area (Å²) in [5, 5.41) is 3.22. The first-order chi connectivity index (χ1) is 11.1. The zero-order valence-corrected chi connectivity index (χ0v) is 15.3. The number of aromatic nitrogens is 1. The molecule has 0 fully saturated rings. The summed E-state index contributed by atoms with van der Waals surface area (Å²) in [5.41, 5.74) is 2.58. The lowest BCUT2D eigenvalue weighted by atomic mass is 10.1. The van der Waals surface area contributed by atoms with Crippen LogP contribution in [0.3, 0.4) is 0 Å². The zero-order chi connectivity index (χ0) is 18.1. The van der Waals surface area contributed by atoms with E-state index in [1.807, 2.05) is 31.7 Å². The van der Waals surface area contributed by atoms with Crippen LogP contribution < -0.4 is 10.9 Å². The van der Waals surface area contributed by atoms with Gasteiger partial charge in [-0.3, -0.25) is 9.37 Å². The van der Waals surface area contributed by atoms with Crippen molar-refractivity contribution in [1.82, 2.24) is 4.98 Å². The van der Waals surface area contributed by atoms with E-state index in [1.165, 1.54) is 6.26 Å². The molecule has 24 heavy (non-hydrogen) atoms. The minimum atomic E-state index is -3.26. The van der Waals surface area contributed by atoms with Crippen molar-refractivity contribution in [3.63, 3.8) is 0 Å². The number of rotatable bonds is 3. The minimum absolute atomic E-state index is 0.185. The molecule has 0 aliphatic heterocycles. The first-order valence-electron chi connectivity index (χ1n) is 7.42. The van der Waals surface area contributed by atoms with Crippen molar-refractivity contribution in [3.8, 4) is 0 Å². The van der Waals surface area contributed by atoms with Crippen LogP contribution in [0.4, 0.5) is 5.69 Å². The Labute approximate surface area is 141 Å². The quantitative estimate of drug-likeness (QED) is 0.501. The van der Waals surface area contributed by atoms with E-state index >= 15 is 0 Å². The minimum Gasteiger partial charge on any atom is -0.328 e. The highest BCUT2D eigenvalue weighted by atomic mass is 32.2. The van der Waals surface area contributed by atoms with E-state index in [2.05, 4.69) is 10.3 Å². The molecular formula is C17H22N3O3S+. The van der Waals surface area contributed by atoms with Gasteiger partial charge < -0.3 is 4.98 Å². The van der Waals surface area contributed by atoms with Crippen molar-refractivity contribution in [2.24, 2.45) is 0 Å². The van der Waals surface area contributed by atoms with Crippen LogP contribution in [0, 0.1) is 13.8 Å². The van der Waals surface area contributed by atoms with Gasteiger partial charge >= 0.3 is 0 Å². The average Bonchev–Trinajstić information content (AvgIpc) is 2.44. The summed E-state index contributed by atoms with van der Waals surface area (Å²) in [4.78, 5) is 15.2. The molecule has 0 unspecified atom stereocenters. The molecule has 0 atom stereocenters. The molecule has 6 nitrogen and oxygen atoms in total. The number of aryl methyl sites for hydroxylation is 2. The fraction of sp³-hybridized carbons (Fsp3) is 0.294. The monoisotopic (exact) mass is 348 g/mol. The largest absolute Gasteiger partial charge is 0.328 e. The molecule has 7 heteroatoms. The van der Waals surface area contributed by atoms with Gasteiger partial charge in [0.15, 0.2) is 9.84 Å². The molecule has 1 aromatic carbocycles. The second-order valence-electron chi connectivity index (χ2n) is 5.99. The van der Waals surface area contributed by atoms with Crippen LogP contribution in [0.2, 0.25) is 0 Å². The predicted octanol–water partition coefficient (Wildman–Crippen LogP) is 1.53. The summed E-state index contributed by atoms with van der Waals surface area (Å²) in [6.45, 7) is 3.62. The maximum absolute atomic E-state index is 12.2. The van der Waals surface area contributed by atoms with Crippen molar-refractivity contribution >= 4 is 21.4 Å². The zero-order valence-electron chi connectivity index (χ0n) is 14.5. The summed E-state index contributed by atoms with van der Waals surface area (Å²) < 4.78 is 25.3. The van der Waals surface area contributed by atoms with Crippen LogP contribution in [0.5, 0.6) is 0 Å². The van der Waals surface area contributed by atoms with Crippen molar-refractivity contribution in [2.75, 3.05) is 25.7 Å². The summed E-state index contributed by atoms with van der Waals surface area (Å²) in [6.07, 6.45) is 2.80. The molecule has 0 radical (unpaired) electrons. The van der Waals surface area contributed by atoms with Crippen molar-refractivity contribution < 1.29 is 13.0 Å². The molecule has 0 aliphatic carbocycles. The lowest BCUT2D eigenvalue weighted by Crippen LogP contribution is -2.31. The maximum Gasteiger partial charge on any atom is 0.287 e. The topological polar surface area (TPSA) is 82.0 Å². The first kappa shape index (κ1) is 17.9. The Morgan fingerprint density at radius 3 is 2.29 bits per heavy atom. The van der Waals surface area contributed by atoms with Gasteiger partial charge in [-0.2, -0.15) is 0 Å². The van der Waals surface area contributed by atoms with E-state index in [9.17, 15) is 13.2 Å². The molecule has 2 aromatic rings. The number of pyridine rings is 1. The van der Waals surface area contributed by atoms with E-state index in [4.69, 9.17) is 0 Å². The number of aromatic amines is 1. The number of hydrogen-bond donors (Lipinski definition) is 2. The molecule has 0 aliphatic rings. The number of nitrogens with zero attached hydrogens (tertiary/aromatic N) is 1. The van der Waals surface area contributed by atoms with Gasteiger partial charge in [-0.15, -0.1) is 0 Å². The number of hydrogen-bond acceptors (Lipinski definition) is 3. The molecular weight excluding hydrogens is 326 g/mol. The van der Waals surface area contributed by atoms with E-state index in [1.54, 1.807) is 31.3 Å². The number of anilines is 1. The number of nitrogens with one attached hydrogen (secondary N) is 2. The lowest BCUT2D eigenvalue weighted by molar-refractivity contribution is -0.463. The molecule has 0 saturated carbocycles. The second kappa shape index (κ2) is 6.60. The molecule has 0 saturated heterocycles. The first-order valence-corrected chi connectivity index (χ1v) is 9.31. The maximum atomic E-state index is 12.2. The highest BCUT2D eigenvalue weighted by molar-refractivity contribution is 7.90. The van der Waals surface area contributed by atoms with Gasteiger partial charge in [-0.05, 0) is 49.2 Å². The fourth-order valence-electron chi connectivity index (χ4n) is 2.55. The summed E-state index contributed by atoms with van der Waals surface area (Å²) in [6, 6.07) is 6.86. The van der Waals surface area contributed by atoms with Gasteiger partial charge in [0, 0.05) is 12.5 Å². The van der Waals surface area contributed by atoms with Crippen molar-refractivity contribution in [2.45, 2.75) is 18.7 Å². The third kappa shape index (κ3) is 3.73. The van der Waals surface area contributed by atoms with E-state index in [0.717, 1.165) is 5.56 Å². The Morgan fingerprint density at radius 1 is 1.12 bits per heavy atom. The van der Waals surface area contributed by atoms with Gasteiger partial charge in [0.25, 0.3) is 11.4 Å². The SMILES string of the molecule is Cc1cc(NC(c2c(C)cc[nH]c2=O)=[N+](C)C)ccc1S(C)(=O)=O. The van der Waals surface area contributed by atoms with Gasteiger partial charge in [-0.25, -0.2) is 13.7 Å². The predicted molar refractivity (Wildman–Crippen MR) is 95.9 cm³/mol. The molecule has 2 rings (SSSR count). The summed E-state index contributed by atoms with van der Waals surface area (Å²) >= 11 is 0. The molecule has 128 valence electrons. The normalized spacial score (nSPS) is 11.2. The Bertz CT molecular complexity index is 969. The fourth-order valence-corrected chi connectivity index (χ4v) is 3.51. The van der Waals surface area contributed by atoms with Gasteiger partial charge in [0.2, 0.25) is 0 Å². The Balaban J connectivity index is 2.50. The highest BCUT2D eigenvalue weighted by Gasteiger charge is 2.20. The molecule has 1 aromatic heterocycles. The number of sulfone groups is 1. The van der Waals surface area contributed by atoms with Crippen LogP contribution in [0.25, 0.3) is 0 Å². The van der Waals surface area contributed by atoms with E-state index in [0.29, 0.717) is 27.5 Å². The Hall–Kier alpha value is -2.41. The number of benzene rings is 1. The summed E-state index contributed by atoms with van der Waals surface area (Å²) in [5.74, 6) is 0.640. The van der Waals surface area contributed by atoms with Crippen molar-refractivity contribution in [1.29, 1.82) is 0 Å². The van der Waals surface area contributed by atoms with Crippen LogP contribution in [-0.4, -0.2) is 44.2 Å². The average molecular weight is 348 g/mol. The van der Waals surface area contributed by atoms with Gasteiger partial charge in [0.05, 0.1) is 19.0 Å². The highest BCUT2D eigenvalue weighted by Crippen LogP contribution is 2.20. The van der Waals surface area contributed by atoms with Gasteiger partial charge in [0.1, 0.15) is 11.3 Å². The molecule has 0 amide bonds. The molecule has 0 bridgehead atoms. The second-order valence-corrected chi connectivity index (χ2v) is 7.97. The third-order valence-electron chi connectivity index (χ3n) is 3.69. The number of H-pyrrole nitrogens is 1. The van der Waals surface area contributed by atoms with Crippen molar-refractivity contribution in [3.05, 3.63) is 57.5 Å². The van der Waals surface area contributed by atoms with E-state index < -0.39 is 9.84 Å². The molecule has 1 heterocycles. The molecule has 2 N–H and O–H groups in total. The van der Waals surface area contributed by atoms with Crippen LogP contribution in [-0.2, 0) is 9.84 Å². The smallest absolute Gasteiger partial charge is 0.287 e. The van der Waals surface area contributed by atoms with Crippen LogP contribution in [0.15, 0.2) is 40.2 Å². The third-order valence-corrected chi connectivity index (χ3v) is 4.95. The van der Waals surface area contributed by atoms with E-state index in [-0.39, 0.29) is 5.56 Å². The molecule has 0 spiro atoms. The summed E-state index contributed by atoms with van der Waals surface area (Å²) in [7, 11) is 0.418. The van der Waals surface area contributed by atoms with Crippen LogP contribution in [0.1, 0.15) is 16.7 Å². The number of amidine groups is 1. The Morgan fingerprint density at radius 2 is 1.79 bits per heavy atom. The lowest BCUT2D eigenvalue weighted by Gasteiger charge is -2.10. The van der Waals surface area contributed by atoms with Crippen LogP contribution >= 0.6 is 0 Å². The standard InChI is InChI=1S/C17H21N3O3S/c1-11-8-9-18-17(21)15(11)16(20(3)4)19-13-6-7-14(12(2)10-13)24(5,22)23/h6-10H,1-5H3,(H,18,19,21)/p+1. The van der Waals surface area contributed by atoms with Gasteiger partial charge in [-0.1, -0.05) is 0 Å². The Kier molecular flexibility index (Phi) is 4.94.